The van der Waals surface area contributed by atoms with Crippen LogP contribution in [0.1, 0.15) is 0 Å². The average Bonchev–Trinajstić information content (AvgIpc) is 3.91. The van der Waals surface area contributed by atoms with Gasteiger partial charge in [0.15, 0.2) is 0 Å². The van der Waals surface area contributed by atoms with Gasteiger partial charge in [-0.2, -0.15) is 0 Å². The van der Waals surface area contributed by atoms with Gasteiger partial charge in [-0.3, -0.25) is 0 Å². The highest BCUT2D eigenvalue weighted by Crippen LogP contribution is 2.45. The number of aromatic nitrogens is 2. The lowest BCUT2D eigenvalue weighted by atomic mass is 9.85. The molecule has 0 N–H and O–H groups in total. The number of hydrogen-bond donors (Lipinski definition) is 0. The standard InChI is InChI=1S/C64H42N2/c1-2-21-46(22-3-1)65-61-34-16-14-32-56(61)58-41-44(37-39-63(58)65)47-23-6-8-26-50(47)52-28-10-12-30-54(52)55-31-13-11-29-53(55)51-27-9-7-24-48(51)45-38-40-64-59(42-45)57-33-15-17-35-62(57)66(64)60-36-18-20-43-19-4-5-25-49(43)60/h1-42H. The number of rotatable bonds is 7. The van der Waals surface area contributed by atoms with Crippen LogP contribution < -0.4 is 0 Å². The Morgan fingerprint density at radius 3 is 1.11 bits per heavy atom. The predicted octanol–water partition coefficient (Wildman–Crippen LogP) is 17.4. The van der Waals surface area contributed by atoms with Crippen molar-refractivity contribution in [2.45, 2.75) is 0 Å². The van der Waals surface area contributed by atoms with E-state index in [1.807, 2.05) is 0 Å². The third-order valence-electron chi connectivity index (χ3n) is 13.6. The molecule has 0 saturated heterocycles. The SMILES string of the molecule is c1ccc(-n2c3ccccc3c3cc(-c4ccccc4-c4ccccc4-c4ccccc4-c4ccccc4-c4ccc5c(c4)c4ccccc4n5-c4cccc5ccccc45)ccc32)cc1. The van der Waals surface area contributed by atoms with Crippen molar-refractivity contribution in [1.82, 2.24) is 9.13 Å². The molecule has 2 aromatic heterocycles. The van der Waals surface area contributed by atoms with Gasteiger partial charge in [0.25, 0.3) is 0 Å². The normalized spacial score (nSPS) is 11.6. The Bertz CT molecular complexity index is 3990. The van der Waals surface area contributed by atoms with Crippen LogP contribution in [-0.4, -0.2) is 9.13 Å². The molecule has 2 heteroatoms. The monoisotopic (exact) mass is 838 g/mol. The summed E-state index contributed by atoms with van der Waals surface area (Å²) >= 11 is 0. The minimum Gasteiger partial charge on any atom is -0.309 e. The van der Waals surface area contributed by atoms with E-state index in [2.05, 4.69) is 264 Å². The zero-order valence-corrected chi connectivity index (χ0v) is 36.1. The topological polar surface area (TPSA) is 9.86 Å². The first-order valence-corrected chi connectivity index (χ1v) is 22.8. The molecule has 0 aliphatic rings. The summed E-state index contributed by atoms with van der Waals surface area (Å²) in [6, 6.07) is 93.2. The number of para-hydroxylation sites is 3. The summed E-state index contributed by atoms with van der Waals surface area (Å²) in [5.41, 5.74) is 19.2. The molecule has 66 heavy (non-hydrogen) atoms. The molecule has 0 amide bonds. The number of fused-ring (bicyclic) bond motifs is 7. The van der Waals surface area contributed by atoms with Crippen molar-refractivity contribution in [2.75, 3.05) is 0 Å². The maximum atomic E-state index is 2.44. The Morgan fingerprint density at radius 2 is 0.576 bits per heavy atom. The summed E-state index contributed by atoms with van der Waals surface area (Å²) in [4.78, 5) is 0. The van der Waals surface area contributed by atoms with Crippen LogP contribution in [0.25, 0.3) is 121 Å². The van der Waals surface area contributed by atoms with Gasteiger partial charge < -0.3 is 9.13 Å². The van der Waals surface area contributed by atoms with Crippen LogP contribution in [0.15, 0.2) is 255 Å². The molecule has 0 radical (unpaired) electrons. The maximum absolute atomic E-state index is 2.44. The Hall–Kier alpha value is -8.72. The van der Waals surface area contributed by atoms with E-state index in [4.69, 9.17) is 0 Å². The summed E-state index contributed by atoms with van der Waals surface area (Å²) < 4.78 is 4.82. The molecule has 308 valence electrons. The molecule has 13 rings (SSSR count). The summed E-state index contributed by atoms with van der Waals surface area (Å²) in [5.74, 6) is 0. The van der Waals surface area contributed by atoms with Crippen LogP contribution in [0.3, 0.4) is 0 Å². The lowest BCUT2D eigenvalue weighted by molar-refractivity contribution is 1.18. The Morgan fingerprint density at radius 1 is 0.212 bits per heavy atom. The van der Waals surface area contributed by atoms with Crippen LogP contribution in [-0.2, 0) is 0 Å². The van der Waals surface area contributed by atoms with Gasteiger partial charge in [0.2, 0.25) is 0 Å². The van der Waals surface area contributed by atoms with Crippen LogP contribution in [0.4, 0.5) is 0 Å². The quantitative estimate of drug-likeness (QED) is 0.151. The summed E-state index contributed by atoms with van der Waals surface area (Å²) in [5, 5.41) is 7.45. The molecule has 0 unspecified atom stereocenters. The molecule has 0 bridgehead atoms. The molecule has 2 heterocycles. The smallest absolute Gasteiger partial charge is 0.0541 e. The molecule has 0 fully saturated rings. The van der Waals surface area contributed by atoms with E-state index in [0.717, 1.165) is 5.69 Å². The average molecular weight is 839 g/mol. The first kappa shape index (κ1) is 37.8. The van der Waals surface area contributed by atoms with Crippen molar-refractivity contribution >= 4 is 54.4 Å². The first-order valence-electron chi connectivity index (χ1n) is 22.8. The van der Waals surface area contributed by atoms with Gasteiger partial charge in [0, 0.05) is 32.6 Å². The van der Waals surface area contributed by atoms with Gasteiger partial charge >= 0.3 is 0 Å². The van der Waals surface area contributed by atoms with Crippen LogP contribution in [0.2, 0.25) is 0 Å². The van der Waals surface area contributed by atoms with Gasteiger partial charge in [-0.15, -0.1) is 0 Å². The van der Waals surface area contributed by atoms with Gasteiger partial charge in [-0.1, -0.05) is 200 Å². The largest absolute Gasteiger partial charge is 0.309 e. The fourth-order valence-electron chi connectivity index (χ4n) is 10.6. The second-order valence-corrected chi connectivity index (χ2v) is 17.2. The molecular formula is C64H42N2. The Balaban J connectivity index is 0.944. The van der Waals surface area contributed by atoms with Crippen LogP contribution >= 0.6 is 0 Å². The molecule has 11 aromatic carbocycles. The van der Waals surface area contributed by atoms with Crippen molar-refractivity contribution < 1.29 is 0 Å². The number of benzene rings is 11. The highest BCUT2D eigenvalue weighted by molar-refractivity contribution is 6.13. The molecule has 0 aliphatic heterocycles. The van der Waals surface area contributed by atoms with Crippen molar-refractivity contribution in [3.63, 3.8) is 0 Å². The molecule has 0 atom stereocenters. The molecule has 0 spiro atoms. The second kappa shape index (κ2) is 15.5. The summed E-state index contributed by atoms with van der Waals surface area (Å²) in [7, 11) is 0. The molecular weight excluding hydrogens is 797 g/mol. The molecule has 0 saturated carbocycles. The minimum atomic E-state index is 1.16. The number of nitrogens with zero attached hydrogens (tertiary/aromatic N) is 2. The van der Waals surface area contributed by atoms with Gasteiger partial charge in [0.1, 0.15) is 0 Å². The zero-order valence-electron chi connectivity index (χ0n) is 36.1. The van der Waals surface area contributed by atoms with Crippen molar-refractivity contribution in [3.8, 4) is 67.0 Å². The minimum absolute atomic E-state index is 1.16. The van der Waals surface area contributed by atoms with E-state index in [0.29, 0.717) is 0 Å². The fraction of sp³-hybridized carbons (Fsp3) is 0. The summed E-state index contributed by atoms with van der Waals surface area (Å²) in [6.45, 7) is 0. The molecule has 13 aromatic rings. The molecule has 2 nitrogen and oxygen atoms in total. The van der Waals surface area contributed by atoms with E-state index >= 15 is 0 Å². The third kappa shape index (κ3) is 6.04. The molecule has 0 aliphatic carbocycles. The highest BCUT2D eigenvalue weighted by atomic mass is 15.0. The van der Waals surface area contributed by atoms with Gasteiger partial charge in [0.05, 0.1) is 27.8 Å². The van der Waals surface area contributed by atoms with E-state index in [1.165, 1.54) is 116 Å². The van der Waals surface area contributed by atoms with E-state index < -0.39 is 0 Å². The third-order valence-corrected chi connectivity index (χ3v) is 13.6. The number of hydrogen-bond acceptors (Lipinski definition) is 0. The predicted molar refractivity (Wildman–Crippen MR) is 280 cm³/mol. The van der Waals surface area contributed by atoms with Crippen LogP contribution in [0, 0.1) is 0 Å². The van der Waals surface area contributed by atoms with Gasteiger partial charge in [-0.05, 0) is 116 Å². The maximum Gasteiger partial charge on any atom is 0.0541 e. The van der Waals surface area contributed by atoms with Crippen molar-refractivity contribution in [3.05, 3.63) is 255 Å². The van der Waals surface area contributed by atoms with Gasteiger partial charge in [-0.25, -0.2) is 0 Å². The van der Waals surface area contributed by atoms with E-state index in [-0.39, 0.29) is 0 Å². The van der Waals surface area contributed by atoms with E-state index in [1.54, 1.807) is 0 Å². The lowest BCUT2D eigenvalue weighted by Gasteiger charge is -2.19. The van der Waals surface area contributed by atoms with Crippen LogP contribution in [0.5, 0.6) is 0 Å². The fourth-order valence-corrected chi connectivity index (χ4v) is 10.6. The summed E-state index contributed by atoms with van der Waals surface area (Å²) in [6.07, 6.45) is 0. The zero-order chi connectivity index (χ0) is 43.6. The Kier molecular flexibility index (Phi) is 8.89. The van der Waals surface area contributed by atoms with E-state index in [9.17, 15) is 0 Å². The highest BCUT2D eigenvalue weighted by Gasteiger charge is 2.20. The van der Waals surface area contributed by atoms with Crippen molar-refractivity contribution in [2.24, 2.45) is 0 Å². The van der Waals surface area contributed by atoms with Crippen molar-refractivity contribution in [1.29, 1.82) is 0 Å². The lowest BCUT2D eigenvalue weighted by Crippen LogP contribution is -1.95. The second-order valence-electron chi connectivity index (χ2n) is 17.2. The Labute approximate surface area is 383 Å². The first-order chi connectivity index (χ1) is 32.8.